The molecule has 0 aromatic heterocycles. The van der Waals surface area contributed by atoms with E-state index in [1.54, 1.807) is 0 Å². The van der Waals surface area contributed by atoms with Gasteiger partial charge in [0.25, 0.3) is 0 Å². The lowest BCUT2D eigenvalue weighted by molar-refractivity contribution is 0.0207. The molecule has 2 rings (SSSR count). The summed E-state index contributed by atoms with van der Waals surface area (Å²) in [5.74, 6) is 0.182. The van der Waals surface area contributed by atoms with Crippen LogP contribution in [-0.2, 0) is 6.42 Å². The summed E-state index contributed by atoms with van der Waals surface area (Å²) in [6, 6.07) is 7.66. The van der Waals surface area contributed by atoms with Crippen molar-refractivity contribution in [3.63, 3.8) is 0 Å². The molecule has 1 aliphatic rings. The molecule has 3 heteroatoms. The number of benzene rings is 1. The largest absolute Gasteiger partial charge is 0.390 e. The second kappa shape index (κ2) is 4.52. The van der Waals surface area contributed by atoms with Gasteiger partial charge in [-0.3, -0.25) is 0 Å². The maximum atomic E-state index is 9.70. The highest BCUT2D eigenvalue weighted by Gasteiger charge is 2.32. The molecule has 3 atom stereocenters. The third kappa shape index (κ3) is 2.51. The van der Waals surface area contributed by atoms with E-state index in [0.717, 1.165) is 23.4 Å². The van der Waals surface area contributed by atoms with Gasteiger partial charge in [-0.2, -0.15) is 0 Å². The molecule has 1 aliphatic carbocycles. The molecule has 1 fully saturated rings. The Hall–Kier alpha value is -0.570. The molecule has 0 saturated heterocycles. The average molecular weight is 227 g/mol. The topological polar surface area (TPSA) is 40.5 Å². The van der Waals surface area contributed by atoms with Crippen molar-refractivity contribution in [1.29, 1.82) is 0 Å². The highest BCUT2D eigenvalue weighted by molar-refractivity contribution is 6.30. The second-order valence-electron chi connectivity index (χ2n) is 4.23. The van der Waals surface area contributed by atoms with E-state index in [4.69, 9.17) is 11.6 Å². The van der Waals surface area contributed by atoms with Crippen LogP contribution in [0.25, 0.3) is 0 Å². The van der Waals surface area contributed by atoms with Gasteiger partial charge in [0.15, 0.2) is 0 Å². The summed E-state index contributed by atoms with van der Waals surface area (Å²) in [7, 11) is 0. The summed E-state index contributed by atoms with van der Waals surface area (Å²) in [6.07, 6.45) is 1.31. The third-order valence-electron chi connectivity index (χ3n) is 3.12. The predicted octanol–water partition coefficient (Wildman–Crippen LogP) is 2.01. The molecular formula is C12H15ClO2. The molecule has 0 radical (unpaired) electrons. The Morgan fingerprint density at radius 1 is 1.13 bits per heavy atom. The summed E-state index contributed by atoms with van der Waals surface area (Å²) in [5.41, 5.74) is 1.16. The van der Waals surface area contributed by atoms with Gasteiger partial charge in [0, 0.05) is 5.02 Å². The highest BCUT2D eigenvalue weighted by atomic mass is 35.5. The van der Waals surface area contributed by atoms with Crippen LogP contribution in [0, 0.1) is 5.92 Å². The van der Waals surface area contributed by atoms with Crippen LogP contribution < -0.4 is 0 Å². The number of halogens is 1. The smallest absolute Gasteiger partial charge is 0.0830 e. The zero-order chi connectivity index (χ0) is 10.8. The van der Waals surface area contributed by atoms with Crippen LogP contribution >= 0.6 is 11.6 Å². The maximum Gasteiger partial charge on any atom is 0.0830 e. The van der Waals surface area contributed by atoms with E-state index < -0.39 is 12.2 Å². The molecule has 0 heterocycles. The summed E-state index contributed by atoms with van der Waals surface area (Å²) in [5, 5.41) is 19.8. The third-order valence-corrected chi connectivity index (χ3v) is 3.37. The van der Waals surface area contributed by atoms with E-state index in [-0.39, 0.29) is 5.92 Å². The Kier molecular flexibility index (Phi) is 3.29. The minimum absolute atomic E-state index is 0.182. The van der Waals surface area contributed by atoms with Crippen molar-refractivity contribution >= 4 is 11.6 Å². The van der Waals surface area contributed by atoms with Crippen LogP contribution in [0.5, 0.6) is 0 Å². The molecule has 2 nitrogen and oxygen atoms in total. The quantitative estimate of drug-likeness (QED) is 0.810. The van der Waals surface area contributed by atoms with Crippen molar-refractivity contribution in [2.45, 2.75) is 31.5 Å². The van der Waals surface area contributed by atoms with Crippen LogP contribution in [0.1, 0.15) is 18.4 Å². The summed E-state index contributed by atoms with van der Waals surface area (Å²) in [6.45, 7) is 0. The minimum atomic E-state index is -0.569. The van der Waals surface area contributed by atoms with E-state index in [1.165, 1.54) is 0 Å². The second-order valence-corrected chi connectivity index (χ2v) is 4.66. The highest BCUT2D eigenvalue weighted by Crippen LogP contribution is 2.29. The summed E-state index contributed by atoms with van der Waals surface area (Å²) >= 11 is 5.79. The molecule has 15 heavy (non-hydrogen) atoms. The van der Waals surface area contributed by atoms with Gasteiger partial charge in [-0.05, 0) is 42.9 Å². The first-order chi connectivity index (χ1) is 7.16. The Bertz CT molecular complexity index is 323. The molecule has 0 spiro atoms. The molecule has 0 bridgehead atoms. The van der Waals surface area contributed by atoms with Gasteiger partial charge < -0.3 is 10.2 Å². The van der Waals surface area contributed by atoms with E-state index in [1.807, 2.05) is 24.3 Å². The van der Waals surface area contributed by atoms with E-state index in [2.05, 4.69) is 0 Å². The molecule has 1 saturated carbocycles. The summed E-state index contributed by atoms with van der Waals surface area (Å²) in [4.78, 5) is 0. The fourth-order valence-electron chi connectivity index (χ4n) is 2.19. The van der Waals surface area contributed by atoms with Gasteiger partial charge in [-0.1, -0.05) is 23.7 Å². The number of aliphatic hydroxyl groups is 2. The van der Waals surface area contributed by atoms with Crippen LogP contribution in [0.15, 0.2) is 24.3 Å². The van der Waals surface area contributed by atoms with Crippen molar-refractivity contribution in [1.82, 2.24) is 0 Å². The Balaban J connectivity index is 2.00. The van der Waals surface area contributed by atoms with E-state index in [0.29, 0.717) is 6.42 Å². The first-order valence-electron chi connectivity index (χ1n) is 5.27. The number of aliphatic hydroxyl groups excluding tert-OH is 2. The zero-order valence-electron chi connectivity index (χ0n) is 8.44. The molecule has 3 unspecified atom stereocenters. The summed E-state index contributed by atoms with van der Waals surface area (Å²) < 4.78 is 0. The Morgan fingerprint density at radius 3 is 2.33 bits per heavy atom. The van der Waals surface area contributed by atoms with Gasteiger partial charge >= 0.3 is 0 Å². The van der Waals surface area contributed by atoms with Gasteiger partial charge in [-0.15, -0.1) is 0 Å². The molecule has 0 aliphatic heterocycles. The molecule has 2 N–H and O–H groups in total. The Morgan fingerprint density at radius 2 is 1.80 bits per heavy atom. The van der Waals surface area contributed by atoms with Gasteiger partial charge in [0.1, 0.15) is 0 Å². The maximum absolute atomic E-state index is 9.70. The lowest BCUT2D eigenvalue weighted by Crippen LogP contribution is -2.26. The van der Waals surface area contributed by atoms with Crippen molar-refractivity contribution < 1.29 is 10.2 Å². The molecule has 1 aromatic carbocycles. The molecule has 0 amide bonds. The normalized spacial score (nSPS) is 30.7. The monoisotopic (exact) mass is 226 g/mol. The lowest BCUT2D eigenvalue weighted by atomic mass is 9.96. The van der Waals surface area contributed by atoms with Crippen molar-refractivity contribution in [2.24, 2.45) is 5.92 Å². The fraction of sp³-hybridized carbons (Fsp3) is 0.500. The van der Waals surface area contributed by atoms with Crippen LogP contribution in [0.4, 0.5) is 0 Å². The fourth-order valence-corrected chi connectivity index (χ4v) is 2.31. The first kappa shape index (κ1) is 10.9. The van der Waals surface area contributed by atoms with Crippen molar-refractivity contribution in [3.8, 4) is 0 Å². The molecule has 1 aromatic rings. The van der Waals surface area contributed by atoms with Crippen molar-refractivity contribution in [2.75, 3.05) is 0 Å². The van der Waals surface area contributed by atoms with Gasteiger partial charge in [-0.25, -0.2) is 0 Å². The number of hydrogen-bond donors (Lipinski definition) is 2. The number of hydrogen-bond acceptors (Lipinski definition) is 2. The van der Waals surface area contributed by atoms with Crippen LogP contribution in [0.2, 0.25) is 5.02 Å². The first-order valence-corrected chi connectivity index (χ1v) is 5.65. The molecular weight excluding hydrogens is 212 g/mol. The van der Waals surface area contributed by atoms with Crippen LogP contribution in [0.3, 0.4) is 0 Å². The Labute approximate surface area is 94.5 Å². The van der Waals surface area contributed by atoms with Crippen LogP contribution in [-0.4, -0.2) is 22.4 Å². The van der Waals surface area contributed by atoms with Crippen molar-refractivity contribution in [3.05, 3.63) is 34.9 Å². The predicted molar refractivity (Wildman–Crippen MR) is 59.9 cm³/mol. The number of rotatable bonds is 2. The van der Waals surface area contributed by atoms with Gasteiger partial charge in [0.2, 0.25) is 0 Å². The van der Waals surface area contributed by atoms with Gasteiger partial charge in [0.05, 0.1) is 12.2 Å². The minimum Gasteiger partial charge on any atom is -0.390 e. The van der Waals surface area contributed by atoms with E-state index >= 15 is 0 Å². The average Bonchev–Trinajstić information content (AvgIpc) is 2.53. The van der Waals surface area contributed by atoms with E-state index in [9.17, 15) is 10.2 Å². The SMILES string of the molecule is OC1CCC(Cc2ccc(Cl)cc2)C1O. The molecule has 82 valence electrons. The standard InChI is InChI=1S/C12H15ClO2/c13-10-4-1-8(2-5-10)7-9-3-6-11(14)12(9)15/h1-2,4-5,9,11-12,14-15H,3,6-7H2. The lowest BCUT2D eigenvalue weighted by Gasteiger charge is -2.16. The zero-order valence-corrected chi connectivity index (χ0v) is 9.19.